The molecule has 1 aromatic heterocycles. The van der Waals surface area contributed by atoms with Crippen LogP contribution in [0.1, 0.15) is 52.5 Å². The molecule has 0 radical (unpaired) electrons. The van der Waals surface area contributed by atoms with Crippen molar-refractivity contribution in [2.75, 3.05) is 13.7 Å². The standard InChI is InChI=1S/C28H34N2O3/c1-27(2,3)33-26(31)30-18-7-6-10-25(30)28(4,32-5)23-15-13-20(14-16-23)22-12-11-21-9-8-17-29-24(21)19-22/h8-9,11-17,19,25H,6-7,10,18H2,1-5H3. The fraction of sp³-hybridized carbons (Fsp3) is 0.429. The number of ether oxygens (including phenoxy) is 2. The molecular weight excluding hydrogens is 412 g/mol. The molecule has 0 N–H and O–H groups in total. The van der Waals surface area contributed by atoms with Gasteiger partial charge in [0.15, 0.2) is 0 Å². The Bertz CT molecular complexity index is 1120. The quantitative estimate of drug-likeness (QED) is 0.456. The minimum atomic E-state index is -0.638. The van der Waals surface area contributed by atoms with E-state index < -0.39 is 11.2 Å². The first-order chi connectivity index (χ1) is 15.7. The van der Waals surface area contributed by atoms with E-state index in [-0.39, 0.29) is 12.1 Å². The van der Waals surface area contributed by atoms with Gasteiger partial charge in [0.2, 0.25) is 0 Å². The number of amides is 1. The summed E-state index contributed by atoms with van der Waals surface area (Å²) in [6.07, 6.45) is 4.47. The summed E-state index contributed by atoms with van der Waals surface area (Å²) < 4.78 is 11.8. The SMILES string of the molecule is COC(C)(c1ccc(-c2ccc3cccnc3c2)cc1)C1CCCCN1C(=O)OC(C)(C)C. The molecule has 0 bridgehead atoms. The molecule has 0 spiro atoms. The maximum atomic E-state index is 13.0. The van der Waals surface area contributed by atoms with Crippen LogP contribution in [0.2, 0.25) is 0 Å². The number of carbonyl (C=O) groups is 1. The second-order valence-corrected chi connectivity index (χ2v) is 9.98. The first kappa shape index (κ1) is 23.2. The summed E-state index contributed by atoms with van der Waals surface area (Å²) in [4.78, 5) is 19.3. The normalized spacial score (nSPS) is 18.7. The Kier molecular flexibility index (Phi) is 6.44. The Labute approximate surface area is 196 Å². The van der Waals surface area contributed by atoms with Crippen molar-refractivity contribution < 1.29 is 14.3 Å². The maximum absolute atomic E-state index is 13.0. The molecule has 2 atom stereocenters. The average Bonchev–Trinajstić information content (AvgIpc) is 2.82. The smallest absolute Gasteiger partial charge is 0.410 e. The highest BCUT2D eigenvalue weighted by molar-refractivity contribution is 5.84. The zero-order valence-corrected chi connectivity index (χ0v) is 20.3. The largest absolute Gasteiger partial charge is 0.444 e. The molecule has 3 aromatic rings. The van der Waals surface area contributed by atoms with Crippen LogP contribution in [-0.2, 0) is 15.1 Å². The van der Waals surface area contributed by atoms with Gasteiger partial charge >= 0.3 is 6.09 Å². The molecule has 33 heavy (non-hydrogen) atoms. The van der Waals surface area contributed by atoms with E-state index in [1.165, 1.54) is 0 Å². The van der Waals surface area contributed by atoms with Crippen molar-refractivity contribution >= 4 is 17.0 Å². The molecule has 1 aliphatic heterocycles. The van der Waals surface area contributed by atoms with Gasteiger partial charge in [0.25, 0.3) is 0 Å². The minimum Gasteiger partial charge on any atom is -0.444 e. The maximum Gasteiger partial charge on any atom is 0.410 e. The summed E-state index contributed by atoms with van der Waals surface area (Å²) in [7, 11) is 1.73. The highest BCUT2D eigenvalue weighted by atomic mass is 16.6. The Balaban J connectivity index is 1.62. The van der Waals surface area contributed by atoms with E-state index in [0.717, 1.165) is 46.9 Å². The molecule has 2 unspecified atom stereocenters. The van der Waals surface area contributed by atoms with Gasteiger partial charge in [-0.2, -0.15) is 0 Å². The van der Waals surface area contributed by atoms with Crippen LogP contribution in [0, 0.1) is 0 Å². The van der Waals surface area contributed by atoms with E-state index in [2.05, 4.69) is 60.4 Å². The van der Waals surface area contributed by atoms with Gasteiger partial charge in [-0.3, -0.25) is 4.98 Å². The number of fused-ring (bicyclic) bond motifs is 1. The number of likely N-dealkylation sites (tertiary alicyclic amines) is 1. The van der Waals surface area contributed by atoms with Gasteiger partial charge in [-0.15, -0.1) is 0 Å². The number of nitrogens with zero attached hydrogens (tertiary/aromatic N) is 2. The van der Waals surface area contributed by atoms with Crippen molar-refractivity contribution in [2.45, 2.75) is 64.2 Å². The van der Waals surface area contributed by atoms with Crippen LogP contribution in [0.3, 0.4) is 0 Å². The number of pyridine rings is 1. The molecule has 1 saturated heterocycles. The summed E-state index contributed by atoms with van der Waals surface area (Å²) in [5, 5.41) is 1.13. The van der Waals surface area contributed by atoms with Crippen LogP contribution in [0.4, 0.5) is 4.79 Å². The second-order valence-electron chi connectivity index (χ2n) is 9.98. The van der Waals surface area contributed by atoms with E-state index in [0.29, 0.717) is 6.54 Å². The number of piperidine rings is 1. The van der Waals surface area contributed by atoms with Crippen molar-refractivity contribution in [3.05, 3.63) is 66.4 Å². The first-order valence-electron chi connectivity index (χ1n) is 11.7. The zero-order chi connectivity index (χ0) is 23.6. The highest BCUT2D eigenvalue weighted by Crippen LogP contribution is 2.38. The summed E-state index contributed by atoms with van der Waals surface area (Å²) in [5.41, 5.74) is 3.11. The molecule has 0 saturated carbocycles. The summed E-state index contributed by atoms with van der Waals surface area (Å²) in [5.74, 6) is 0. The lowest BCUT2D eigenvalue weighted by Gasteiger charge is -2.46. The van der Waals surface area contributed by atoms with Gasteiger partial charge in [0.05, 0.1) is 11.6 Å². The molecule has 2 aromatic carbocycles. The number of aromatic nitrogens is 1. The van der Waals surface area contributed by atoms with Gasteiger partial charge < -0.3 is 14.4 Å². The molecular formula is C28H34N2O3. The third-order valence-corrected chi connectivity index (χ3v) is 6.59. The predicted octanol–water partition coefficient (Wildman–Crippen LogP) is 6.55. The molecule has 5 heteroatoms. The third kappa shape index (κ3) is 4.88. The van der Waals surface area contributed by atoms with Crippen molar-refractivity contribution in [1.82, 2.24) is 9.88 Å². The molecule has 174 valence electrons. The van der Waals surface area contributed by atoms with E-state index in [1.807, 2.05) is 37.9 Å². The third-order valence-electron chi connectivity index (χ3n) is 6.59. The molecule has 1 aliphatic rings. The number of methoxy groups -OCH3 is 1. The fourth-order valence-electron chi connectivity index (χ4n) is 4.73. The minimum absolute atomic E-state index is 0.0955. The van der Waals surface area contributed by atoms with Crippen molar-refractivity contribution in [1.29, 1.82) is 0 Å². The van der Waals surface area contributed by atoms with Gasteiger partial charge in [-0.1, -0.05) is 42.5 Å². The number of hydrogen-bond acceptors (Lipinski definition) is 4. The topological polar surface area (TPSA) is 51.7 Å². The number of carbonyl (C=O) groups excluding carboxylic acids is 1. The summed E-state index contributed by atoms with van der Waals surface area (Å²) >= 11 is 0. The summed E-state index contributed by atoms with van der Waals surface area (Å²) in [6, 6.07) is 18.7. The van der Waals surface area contributed by atoms with Gasteiger partial charge in [0.1, 0.15) is 11.2 Å². The molecule has 5 nitrogen and oxygen atoms in total. The molecule has 2 heterocycles. The molecule has 4 rings (SSSR count). The van der Waals surface area contributed by atoms with Crippen LogP contribution in [0.5, 0.6) is 0 Å². The predicted molar refractivity (Wildman–Crippen MR) is 132 cm³/mol. The van der Waals surface area contributed by atoms with E-state index in [9.17, 15) is 4.79 Å². The highest BCUT2D eigenvalue weighted by Gasteiger charge is 2.44. The Morgan fingerprint density at radius 1 is 1.00 bits per heavy atom. The van der Waals surface area contributed by atoms with Gasteiger partial charge in [-0.05, 0) is 75.8 Å². The average molecular weight is 447 g/mol. The second kappa shape index (κ2) is 9.14. The van der Waals surface area contributed by atoms with Crippen molar-refractivity contribution in [3.8, 4) is 11.1 Å². The van der Waals surface area contributed by atoms with Gasteiger partial charge in [0, 0.05) is 25.2 Å². The number of hydrogen-bond donors (Lipinski definition) is 0. The fourth-order valence-corrected chi connectivity index (χ4v) is 4.73. The van der Waals surface area contributed by atoms with Crippen LogP contribution >= 0.6 is 0 Å². The van der Waals surface area contributed by atoms with Gasteiger partial charge in [-0.25, -0.2) is 4.79 Å². The lowest BCUT2D eigenvalue weighted by molar-refractivity contribution is -0.0861. The van der Waals surface area contributed by atoms with Crippen LogP contribution in [0.25, 0.3) is 22.0 Å². The van der Waals surface area contributed by atoms with Crippen LogP contribution < -0.4 is 0 Å². The number of benzene rings is 2. The van der Waals surface area contributed by atoms with Crippen molar-refractivity contribution in [2.24, 2.45) is 0 Å². The van der Waals surface area contributed by atoms with E-state index in [4.69, 9.17) is 9.47 Å². The van der Waals surface area contributed by atoms with Crippen LogP contribution in [-0.4, -0.2) is 41.3 Å². The lowest BCUT2D eigenvalue weighted by Crippen LogP contribution is -2.55. The monoisotopic (exact) mass is 446 g/mol. The molecule has 0 aliphatic carbocycles. The lowest BCUT2D eigenvalue weighted by atomic mass is 9.81. The Morgan fingerprint density at radius 3 is 2.42 bits per heavy atom. The van der Waals surface area contributed by atoms with E-state index in [1.54, 1.807) is 7.11 Å². The first-order valence-corrected chi connectivity index (χ1v) is 11.7. The molecule has 1 fully saturated rings. The van der Waals surface area contributed by atoms with E-state index >= 15 is 0 Å². The molecule has 1 amide bonds. The number of rotatable bonds is 4. The Hall–Kier alpha value is -2.92. The Morgan fingerprint density at radius 2 is 1.73 bits per heavy atom. The zero-order valence-electron chi connectivity index (χ0n) is 20.3. The van der Waals surface area contributed by atoms with Crippen molar-refractivity contribution in [3.63, 3.8) is 0 Å². The van der Waals surface area contributed by atoms with Crippen LogP contribution in [0.15, 0.2) is 60.8 Å². The summed E-state index contributed by atoms with van der Waals surface area (Å²) in [6.45, 7) is 8.47.